The van der Waals surface area contributed by atoms with Gasteiger partial charge in [-0.2, -0.15) is 0 Å². The molecule has 0 amide bonds. The maximum Gasteiger partial charge on any atom is 0.128 e. The molecule has 1 unspecified atom stereocenters. The molecule has 0 saturated carbocycles. The largest absolute Gasteiger partial charge is 0.398 e. The van der Waals surface area contributed by atoms with Crippen LogP contribution in [-0.2, 0) is 0 Å². The Balaban J connectivity index is 2.49. The highest BCUT2D eigenvalue weighted by Gasteiger charge is 2.18. The lowest BCUT2D eigenvalue weighted by atomic mass is 9.98. The van der Waals surface area contributed by atoms with Crippen LogP contribution in [0, 0.1) is 0 Å². The fourth-order valence-corrected chi connectivity index (χ4v) is 2.01. The van der Waals surface area contributed by atoms with E-state index in [1.807, 2.05) is 12.1 Å². The zero-order chi connectivity index (χ0) is 13.1. The summed E-state index contributed by atoms with van der Waals surface area (Å²) in [6.07, 6.45) is 1.62. The first-order chi connectivity index (χ1) is 8.63. The fraction of sp³-hybridized carbons (Fsp3) is 0.0833. The zero-order valence-corrected chi connectivity index (χ0v) is 10.4. The number of anilines is 2. The number of benzene rings is 1. The van der Waals surface area contributed by atoms with Gasteiger partial charge in [0, 0.05) is 22.5 Å². The number of aromatic nitrogens is 1. The minimum Gasteiger partial charge on any atom is -0.398 e. The van der Waals surface area contributed by atoms with Crippen molar-refractivity contribution in [3.63, 3.8) is 0 Å². The molecule has 0 fully saturated rings. The molecule has 0 bridgehead atoms. The molecule has 6 heteroatoms. The van der Waals surface area contributed by atoms with Crippen molar-refractivity contribution in [3.8, 4) is 0 Å². The van der Waals surface area contributed by atoms with Gasteiger partial charge in [-0.1, -0.05) is 23.7 Å². The highest BCUT2D eigenvalue weighted by atomic mass is 35.5. The van der Waals surface area contributed by atoms with Crippen molar-refractivity contribution in [2.45, 2.75) is 6.04 Å². The molecule has 1 aromatic heterocycles. The van der Waals surface area contributed by atoms with Crippen LogP contribution >= 0.6 is 11.6 Å². The van der Waals surface area contributed by atoms with Crippen LogP contribution in [-0.4, -0.2) is 4.98 Å². The summed E-state index contributed by atoms with van der Waals surface area (Å²) in [5.74, 6) is 6.00. The minimum absolute atomic E-state index is 0.323. The minimum atomic E-state index is -0.323. The number of hydrogen-bond donors (Lipinski definition) is 4. The Kier molecular flexibility index (Phi) is 3.66. The number of nitrogens with zero attached hydrogens (tertiary/aromatic N) is 1. The van der Waals surface area contributed by atoms with Crippen molar-refractivity contribution in [2.75, 3.05) is 11.5 Å². The summed E-state index contributed by atoms with van der Waals surface area (Å²) in [5.41, 5.74) is 16.6. The highest BCUT2D eigenvalue weighted by molar-refractivity contribution is 6.30. The van der Waals surface area contributed by atoms with Crippen LogP contribution in [0.4, 0.5) is 11.5 Å². The molecule has 2 rings (SSSR count). The summed E-state index contributed by atoms with van der Waals surface area (Å²) >= 11 is 5.87. The third-order valence-electron chi connectivity index (χ3n) is 2.71. The summed E-state index contributed by atoms with van der Waals surface area (Å²) in [4.78, 5) is 4.04. The quantitative estimate of drug-likeness (QED) is 0.381. The number of nitrogens with one attached hydrogen (secondary N) is 1. The molecule has 0 radical (unpaired) electrons. The predicted molar refractivity (Wildman–Crippen MR) is 73.7 cm³/mol. The summed E-state index contributed by atoms with van der Waals surface area (Å²) in [6, 6.07) is 8.56. The summed E-state index contributed by atoms with van der Waals surface area (Å²) in [6.45, 7) is 0. The second-order valence-corrected chi connectivity index (χ2v) is 4.29. The van der Waals surface area contributed by atoms with Gasteiger partial charge in [0.1, 0.15) is 5.82 Å². The highest BCUT2D eigenvalue weighted by Crippen LogP contribution is 2.30. The smallest absolute Gasteiger partial charge is 0.128 e. The molecular formula is C12H14ClN5. The maximum absolute atomic E-state index is 5.94. The van der Waals surface area contributed by atoms with Crippen molar-refractivity contribution >= 4 is 23.1 Å². The van der Waals surface area contributed by atoms with Gasteiger partial charge >= 0.3 is 0 Å². The zero-order valence-electron chi connectivity index (χ0n) is 9.60. The first-order valence-electron chi connectivity index (χ1n) is 5.35. The van der Waals surface area contributed by atoms with E-state index in [9.17, 15) is 0 Å². The van der Waals surface area contributed by atoms with Gasteiger partial charge in [-0.05, 0) is 23.8 Å². The lowest BCUT2D eigenvalue weighted by Crippen LogP contribution is -2.30. The van der Waals surface area contributed by atoms with Gasteiger partial charge in [0.05, 0.1) is 6.04 Å². The fourth-order valence-electron chi connectivity index (χ4n) is 1.83. The lowest BCUT2D eigenvalue weighted by Gasteiger charge is -2.19. The second-order valence-electron chi connectivity index (χ2n) is 3.85. The molecule has 1 aromatic carbocycles. The third-order valence-corrected chi connectivity index (χ3v) is 2.94. The molecule has 18 heavy (non-hydrogen) atoms. The van der Waals surface area contributed by atoms with Crippen LogP contribution < -0.4 is 22.7 Å². The maximum atomic E-state index is 5.94. The molecule has 0 spiro atoms. The van der Waals surface area contributed by atoms with Crippen LogP contribution in [0.25, 0.3) is 0 Å². The average Bonchev–Trinajstić information content (AvgIpc) is 2.34. The molecule has 1 heterocycles. The standard InChI is InChI=1S/C12H14ClN5/c13-7-3-4-8(10(14)6-7)11(18-16)9-2-1-5-17-12(9)15/h1-6,11,18H,14,16H2,(H2,15,17). The van der Waals surface area contributed by atoms with E-state index in [-0.39, 0.29) is 6.04 Å². The van der Waals surface area contributed by atoms with Crippen molar-refractivity contribution in [1.82, 2.24) is 10.4 Å². The van der Waals surface area contributed by atoms with Gasteiger partial charge in [-0.15, -0.1) is 0 Å². The molecule has 0 saturated heterocycles. The number of nitrogen functional groups attached to an aromatic ring is 2. The van der Waals surface area contributed by atoms with Gasteiger partial charge in [0.25, 0.3) is 0 Å². The Hall–Kier alpha value is -1.82. The predicted octanol–water partition coefficient (Wildman–Crippen LogP) is 1.45. The van der Waals surface area contributed by atoms with E-state index in [1.165, 1.54) is 0 Å². The second kappa shape index (κ2) is 5.22. The monoisotopic (exact) mass is 263 g/mol. The number of pyridine rings is 1. The van der Waals surface area contributed by atoms with Gasteiger partial charge in [-0.3, -0.25) is 5.84 Å². The summed E-state index contributed by atoms with van der Waals surface area (Å²) in [7, 11) is 0. The van der Waals surface area contributed by atoms with E-state index >= 15 is 0 Å². The Morgan fingerprint density at radius 2 is 1.94 bits per heavy atom. The van der Waals surface area contributed by atoms with Crippen LogP contribution in [0.1, 0.15) is 17.2 Å². The van der Waals surface area contributed by atoms with Crippen molar-refractivity contribution in [1.29, 1.82) is 0 Å². The number of halogens is 1. The van der Waals surface area contributed by atoms with E-state index in [1.54, 1.807) is 24.4 Å². The van der Waals surface area contributed by atoms with Crippen LogP contribution in [0.2, 0.25) is 5.02 Å². The number of hydrogen-bond acceptors (Lipinski definition) is 5. The molecule has 0 aliphatic heterocycles. The molecule has 2 aromatic rings. The lowest BCUT2D eigenvalue weighted by molar-refractivity contribution is 0.638. The molecule has 1 atom stereocenters. The summed E-state index contributed by atoms with van der Waals surface area (Å²) < 4.78 is 0. The number of rotatable bonds is 3. The first kappa shape index (κ1) is 12.6. The van der Waals surface area contributed by atoms with E-state index in [0.29, 0.717) is 16.5 Å². The Labute approximate surface area is 110 Å². The van der Waals surface area contributed by atoms with Crippen LogP contribution in [0.15, 0.2) is 36.5 Å². The molecular weight excluding hydrogens is 250 g/mol. The molecule has 94 valence electrons. The SMILES string of the molecule is NNC(c1ccc(Cl)cc1N)c1cccnc1N. The van der Waals surface area contributed by atoms with Gasteiger partial charge in [0.15, 0.2) is 0 Å². The van der Waals surface area contributed by atoms with Crippen molar-refractivity contribution in [3.05, 3.63) is 52.7 Å². The van der Waals surface area contributed by atoms with Crippen LogP contribution in [0.3, 0.4) is 0 Å². The van der Waals surface area contributed by atoms with Gasteiger partial charge in [-0.25, -0.2) is 10.4 Å². The first-order valence-corrected chi connectivity index (χ1v) is 5.72. The van der Waals surface area contributed by atoms with Crippen molar-refractivity contribution in [2.24, 2.45) is 5.84 Å². The van der Waals surface area contributed by atoms with Crippen molar-refractivity contribution < 1.29 is 0 Å². The summed E-state index contributed by atoms with van der Waals surface area (Å²) in [5, 5.41) is 0.575. The van der Waals surface area contributed by atoms with E-state index in [4.69, 9.17) is 28.9 Å². The topological polar surface area (TPSA) is 103 Å². The Bertz CT molecular complexity index is 558. The van der Waals surface area contributed by atoms with Gasteiger partial charge < -0.3 is 11.5 Å². The van der Waals surface area contributed by atoms with E-state index < -0.39 is 0 Å². The molecule has 0 aliphatic carbocycles. The average molecular weight is 264 g/mol. The van der Waals surface area contributed by atoms with E-state index in [2.05, 4.69) is 10.4 Å². The van der Waals surface area contributed by atoms with Crippen LogP contribution in [0.5, 0.6) is 0 Å². The van der Waals surface area contributed by atoms with E-state index in [0.717, 1.165) is 11.1 Å². The number of hydrazine groups is 1. The number of nitrogens with two attached hydrogens (primary N) is 3. The molecule has 0 aliphatic rings. The van der Waals surface area contributed by atoms with Gasteiger partial charge in [0.2, 0.25) is 0 Å². The Morgan fingerprint density at radius 3 is 2.56 bits per heavy atom. The normalized spacial score (nSPS) is 12.3. The molecule has 5 nitrogen and oxygen atoms in total. The molecule has 7 N–H and O–H groups in total. The third kappa shape index (κ3) is 2.38. The Morgan fingerprint density at radius 1 is 1.17 bits per heavy atom.